The Labute approximate surface area is 108 Å². The number of halogens is 2. The van der Waals surface area contributed by atoms with Gasteiger partial charge in [-0.3, -0.25) is 9.89 Å². The standard InChI is InChI=1S/C9H6Br2N4O/c10-5-3-6(11)8(12-4-5)9(16)14-7-1-2-13-15-7/h1-4H,(H2,13,14,15,16). The van der Waals surface area contributed by atoms with Crippen molar-refractivity contribution in [1.82, 2.24) is 15.2 Å². The third kappa shape index (κ3) is 2.48. The fourth-order valence-electron chi connectivity index (χ4n) is 1.09. The molecule has 2 aromatic heterocycles. The summed E-state index contributed by atoms with van der Waals surface area (Å²) in [4.78, 5) is 15.8. The predicted octanol–water partition coefficient (Wildman–Crippen LogP) is 2.58. The molecule has 5 nitrogen and oxygen atoms in total. The fraction of sp³-hybridized carbons (Fsp3) is 0. The fourth-order valence-corrected chi connectivity index (χ4v) is 2.26. The van der Waals surface area contributed by atoms with E-state index in [0.29, 0.717) is 16.0 Å². The number of aromatic amines is 1. The number of rotatable bonds is 2. The van der Waals surface area contributed by atoms with Crippen LogP contribution in [-0.2, 0) is 0 Å². The largest absolute Gasteiger partial charge is 0.306 e. The monoisotopic (exact) mass is 344 g/mol. The molecule has 2 rings (SSSR count). The van der Waals surface area contributed by atoms with Crippen molar-refractivity contribution in [2.75, 3.05) is 5.32 Å². The molecule has 1 amide bonds. The molecule has 0 aliphatic carbocycles. The van der Waals surface area contributed by atoms with Gasteiger partial charge in [0.2, 0.25) is 0 Å². The molecule has 7 heteroatoms. The maximum absolute atomic E-state index is 11.8. The Morgan fingerprint density at radius 3 is 2.88 bits per heavy atom. The van der Waals surface area contributed by atoms with Crippen LogP contribution in [0.25, 0.3) is 0 Å². The Morgan fingerprint density at radius 1 is 1.44 bits per heavy atom. The number of pyridine rings is 1. The molecule has 0 spiro atoms. The summed E-state index contributed by atoms with van der Waals surface area (Å²) in [6.07, 6.45) is 3.12. The zero-order chi connectivity index (χ0) is 11.5. The lowest BCUT2D eigenvalue weighted by atomic mass is 10.3. The lowest BCUT2D eigenvalue weighted by Crippen LogP contribution is -2.14. The van der Waals surface area contributed by atoms with Crippen LogP contribution in [0.4, 0.5) is 5.82 Å². The maximum atomic E-state index is 11.8. The zero-order valence-electron chi connectivity index (χ0n) is 7.87. The van der Waals surface area contributed by atoms with Gasteiger partial charge in [-0.2, -0.15) is 5.10 Å². The summed E-state index contributed by atoms with van der Waals surface area (Å²) in [7, 11) is 0. The van der Waals surface area contributed by atoms with E-state index in [2.05, 4.69) is 52.4 Å². The number of nitrogens with one attached hydrogen (secondary N) is 2. The molecule has 16 heavy (non-hydrogen) atoms. The first-order chi connectivity index (χ1) is 7.66. The van der Waals surface area contributed by atoms with E-state index in [1.54, 1.807) is 24.5 Å². The van der Waals surface area contributed by atoms with Crippen LogP contribution in [0.1, 0.15) is 10.5 Å². The van der Waals surface area contributed by atoms with Crippen molar-refractivity contribution >= 4 is 43.6 Å². The number of carbonyl (C=O) groups is 1. The molecule has 0 atom stereocenters. The molecule has 0 aliphatic heterocycles. The Morgan fingerprint density at radius 2 is 2.25 bits per heavy atom. The molecule has 82 valence electrons. The van der Waals surface area contributed by atoms with Crippen molar-refractivity contribution in [3.8, 4) is 0 Å². The van der Waals surface area contributed by atoms with Crippen molar-refractivity contribution in [2.45, 2.75) is 0 Å². The number of aromatic nitrogens is 3. The van der Waals surface area contributed by atoms with Crippen molar-refractivity contribution in [3.63, 3.8) is 0 Å². The average Bonchev–Trinajstić information content (AvgIpc) is 2.70. The molecule has 2 heterocycles. The quantitative estimate of drug-likeness (QED) is 0.878. The van der Waals surface area contributed by atoms with E-state index in [-0.39, 0.29) is 5.91 Å². The second kappa shape index (κ2) is 4.75. The first kappa shape index (κ1) is 11.3. The average molecular weight is 346 g/mol. The molecule has 0 bridgehead atoms. The van der Waals surface area contributed by atoms with Gasteiger partial charge in [0.15, 0.2) is 0 Å². The maximum Gasteiger partial charge on any atom is 0.276 e. The van der Waals surface area contributed by atoms with Gasteiger partial charge < -0.3 is 5.32 Å². The van der Waals surface area contributed by atoms with Gasteiger partial charge in [-0.15, -0.1) is 0 Å². The summed E-state index contributed by atoms with van der Waals surface area (Å²) in [5, 5.41) is 8.99. The van der Waals surface area contributed by atoms with Gasteiger partial charge >= 0.3 is 0 Å². The summed E-state index contributed by atoms with van der Waals surface area (Å²) in [6, 6.07) is 3.42. The van der Waals surface area contributed by atoms with E-state index < -0.39 is 0 Å². The number of carbonyl (C=O) groups excluding carboxylic acids is 1. The van der Waals surface area contributed by atoms with Crippen molar-refractivity contribution < 1.29 is 4.79 Å². The van der Waals surface area contributed by atoms with Crippen LogP contribution < -0.4 is 5.32 Å². The SMILES string of the molecule is O=C(Nc1ccn[nH]1)c1ncc(Br)cc1Br. The van der Waals surface area contributed by atoms with E-state index >= 15 is 0 Å². The molecular weight excluding hydrogens is 340 g/mol. The Hall–Kier alpha value is -1.21. The highest BCUT2D eigenvalue weighted by atomic mass is 79.9. The van der Waals surface area contributed by atoms with E-state index in [0.717, 1.165) is 4.47 Å². The van der Waals surface area contributed by atoms with Crippen LogP contribution in [-0.4, -0.2) is 21.1 Å². The molecule has 0 saturated carbocycles. The normalized spacial score (nSPS) is 10.1. The number of H-pyrrole nitrogens is 1. The Kier molecular flexibility index (Phi) is 3.35. The molecule has 0 saturated heterocycles. The molecule has 0 aromatic carbocycles. The van der Waals surface area contributed by atoms with E-state index in [1.807, 2.05) is 0 Å². The third-order valence-electron chi connectivity index (χ3n) is 1.77. The van der Waals surface area contributed by atoms with Gasteiger partial charge in [-0.05, 0) is 37.9 Å². The Balaban J connectivity index is 2.21. The zero-order valence-corrected chi connectivity index (χ0v) is 11.0. The topological polar surface area (TPSA) is 70.7 Å². The molecule has 0 unspecified atom stereocenters. The highest BCUT2D eigenvalue weighted by molar-refractivity contribution is 9.11. The number of anilines is 1. The lowest BCUT2D eigenvalue weighted by molar-refractivity contribution is 0.102. The van der Waals surface area contributed by atoms with Gasteiger partial charge in [0.25, 0.3) is 5.91 Å². The van der Waals surface area contributed by atoms with Crippen molar-refractivity contribution in [2.24, 2.45) is 0 Å². The second-order valence-corrected chi connectivity index (χ2v) is 4.68. The minimum Gasteiger partial charge on any atom is -0.306 e. The molecule has 2 aromatic rings. The van der Waals surface area contributed by atoms with Gasteiger partial charge in [0.1, 0.15) is 11.5 Å². The molecule has 0 aliphatic rings. The lowest BCUT2D eigenvalue weighted by Gasteiger charge is -2.03. The number of nitrogens with zero attached hydrogens (tertiary/aromatic N) is 2. The van der Waals surface area contributed by atoms with Gasteiger partial charge in [-0.1, -0.05) is 0 Å². The minimum atomic E-state index is -0.302. The summed E-state index contributed by atoms with van der Waals surface area (Å²) < 4.78 is 1.43. The van der Waals surface area contributed by atoms with Crippen molar-refractivity contribution in [1.29, 1.82) is 0 Å². The van der Waals surface area contributed by atoms with Gasteiger partial charge in [0, 0.05) is 16.7 Å². The number of hydrogen-bond acceptors (Lipinski definition) is 3. The van der Waals surface area contributed by atoms with Crippen LogP contribution in [0, 0.1) is 0 Å². The minimum absolute atomic E-state index is 0.302. The predicted molar refractivity (Wildman–Crippen MR) is 66.2 cm³/mol. The molecule has 2 N–H and O–H groups in total. The smallest absolute Gasteiger partial charge is 0.276 e. The van der Waals surface area contributed by atoms with Gasteiger partial charge in [0.05, 0.1) is 10.7 Å². The van der Waals surface area contributed by atoms with Gasteiger partial charge in [-0.25, -0.2) is 4.98 Å². The second-order valence-electron chi connectivity index (χ2n) is 2.91. The van der Waals surface area contributed by atoms with E-state index in [1.165, 1.54) is 0 Å². The molecule has 0 radical (unpaired) electrons. The van der Waals surface area contributed by atoms with E-state index in [4.69, 9.17) is 0 Å². The third-order valence-corrected chi connectivity index (χ3v) is 2.81. The summed E-state index contributed by atoms with van der Waals surface area (Å²) in [5.41, 5.74) is 0.317. The van der Waals surface area contributed by atoms with Crippen LogP contribution in [0.2, 0.25) is 0 Å². The number of amides is 1. The van der Waals surface area contributed by atoms with Crippen LogP contribution in [0.5, 0.6) is 0 Å². The summed E-state index contributed by atoms with van der Waals surface area (Å²) in [5.74, 6) is 0.227. The first-order valence-corrected chi connectivity index (χ1v) is 5.87. The molecule has 0 fully saturated rings. The summed E-state index contributed by atoms with van der Waals surface area (Å²) in [6.45, 7) is 0. The Bertz CT molecular complexity index is 512. The number of hydrogen-bond donors (Lipinski definition) is 2. The van der Waals surface area contributed by atoms with Crippen LogP contribution in [0.3, 0.4) is 0 Å². The van der Waals surface area contributed by atoms with Crippen LogP contribution in [0.15, 0.2) is 33.5 Å². The molecular formula is C9H6Br2N4O. The summed E-state index contributed by atoms with van der Waals surface area (Å²) >= 11 is 6.54. The van der Waals surface area contributed by atoms with Crippen molar-refractivity contribution in [3.05, 3.63) is 39.2 Å². The highest BCUT2D eigenvalue weighted by Crippen LogP contribution is 2.20. The van der Waals surface area contributed by atoms with Crippen LogP contribution >= 0.6 is 31.9 Å². The first-order valence-electron chi connectivity index (χ1n) is 4.28. The highest BCUT2D eigenvalue weighted by Gasteiger charge is 2.12. The van der Waals surface area contributed by atoms with E-state index in [9.17, 15) is 4.79 Å².